The zero-order chi connectivity index (χ0) is 21.5. The SMILES string of the molecule is Cc1nc(Nc2ncc(-c3ccccc3)s2)cc(OCCNC(=O)C2COCCN2)n1. The van der Waals surface area contributed by atoms with Gasteiger partial charge in [0.2, 0.25) is 11.8 Å². The fourth-order valence-corrected chi connectivity index (χ4v) is 3.87. The van der Waals surface area contributed by atoms with Crippen LogP contribution in [0.4, 0.5) is 10.9 Å². The van der Waals surface area contributed by atoms with E-state index in [0.717, 1.165) is 15.6 Å². The van der Waals surface area contributed by atoms with E-state index in [2.05, 4.69) is 30.9 Å². The van der Waals surface area contributed by atoms with Crippen LogP contribution in [0.3, 0.4) is 0 Å². The van der Waals surface area contributed by atoms with Crippen molar-refractivity contribution in [2.24, 2.45) is 0 Å². The summed E-state index contributed by atoms with van der Waals surface area (Å²) in [4.78, 5) is 26.3. The molecule has 1 unspecified atom stereocenters. The van der Waals surface area contributed by atoms with E-state index in [1.807, 2.05) is 36.5 Å². The van der Waals surface area contributed by atoms with Gasteiger partial charge in [-0.1, -0.05) is 41.7 Å². The Balaban J connectivity index is 1.30. The summed E-state index contributed by atoms with van der Waals surface area (Å²) >= 11 is 1.54. The highest BCUT2D eigenvalue weighted by Crippen LogP contribution is 2.30. The Kier molecular flexibility index (Phi) is 7.03. The highest BCUT2D eigenvalue weighted by molar-refractivity contribution is 7.18. The molecule has 0 spiro atoms. The molecule has 2 aromatic heterocycles. The lowest BCUT2D eigenvalue weighted by Gasteiger charge is -2.22. The van der Waals surface area contributed by atoms with E-state index >= 15 is 0 Å². The van der Waals surface area contributed by atoms with Gasteiger partial charge in [0, 0.05) is 18.8 Å². The Morgan fingerprint density at radius 2 is 2.19 bits per heavy atom. The minimum Gasteiger partial charge on any atom is -0.476 e. The fraction of sp³-hybridized carbons (Fsp3) is 0.333. The molecule has 9 nitrogen and oxygen atoms in total. The first-order valence-electron chi connectivity index (χ1n) is 10.0. The Hall–Kier alpha value is -3.08. The van der Waals surface area contributed by atoms with Crippen molar-refractivity contribution in [3.05, 3.63) is 48.4 Å². The maximum Gasteiger partial charge on any atom is 0.239 e. The average Bonchev–Trinajstić information content (AvgIpc) is 3.26. The molecule has 1 aliphatic heterocycles. The highest BCUT2D eigenvalue weighted by atomic mass is 32.1. The lowest BCUT2D eigenvalue weighted by atomic mass is 10.2. The zero-order valence-corrected chi connectivity index (χ0v) is 17.9. The van der Waals surface area contributed by atoms with Gasteiger partial charge in [-0.05, 0) is 12.5 Å². The van der Waals surface area contributed by atoms with Gasteiger partial charge >= 0.3 is 0 Å². The molecular formula is C21H24N6O3S. The third kappa shape index (κ3) is 5.97. The van der Waals surface area contributed by atoms with Crippen molar-refractivity contribution in [2.75, 3.05) is 38.2 Å². The quantitative estimate of drug-likeness (QED) is 0.457. The number of benzene rings is 1. The number of carbonyl (C=O) groups is 1. The van der Waals surface area contributed by atoms with Crippen molar-refractivity contribution in [3.8, 4) is 16.3 Å². The van der Waals surface area contributed by atoms with Crippen molar-refractivity contribution in [3.63, 3.8) is 0 Å². The van der Waals surface area contributed by atoms with Crippen molar-refractivity contribution in [1.82, 2.24) is 25.6 Å². The first-order valence-corrected chi connectivity index (χ1v) is 10.8. The molecule has 3 aromatic rings. The predicted molar refractivity (Wildman–Crippen MR) is 119 cm³/mol. The maximum atomic E-state index is 12.1. The third-order valence-corrected chi connectivity index (χ3v) is 5.46. The van der Waals surface area contributed by atoms with Gasteiger partial charge < -0.3 is 25.4 Å². The largest absolute Gasteiger partial charge is 0.476 e. The number of thiazole rings is 1. The molecule has 1 amide bonds. The van der Waals surface area contributed by atoms with Crippen LogP contribution in [0.5, 0.6) is 5.88 Å². The molecular weight excluding hydrogens is 416 g/mol. The number of nitrogens with one attached hydrogen (secondary N) is 3. The summed E-state index contributed by atoms with van der Waals surface area (Å²) in [7, 11) is 0. The summed E-state index contributed by atoms with van der Waals surface area (Å²) < 4.78 is 11.0. The van der Waals surface area contributed by atoms with Gasteiger partial charge in [-0.25, -0.2) is 9.97 Å². The van der Waals surface area contributed by atoms with Gasteiger partial charge in [-0.2, -0.15) is 4.98 Å². The summed E-state index contributed by atoms with van der Waals surface area (Å²) in [5.41, 5.74) is 1.12. The fourth-order valence-electron chi connectivity index (χ4n) is 3.04. The molecule has 3 N–H and O–H groups in total. The molecule has 1 aliphatic rings. The number of aromatic nitrogens is 3. The molecule has 1 fully saturated rings. The second-order valence-electron chi connectivity index (χ2n) is 6.88. The molecule has 162 valence electrons. The summed E-state index contributed by atoms with van der Waals surface area (Å²) in [6.07, 6.45) is 1.84. The van der Waals surface area contributed by atoms with E-state index in [1.54, 1.807) is 24.3 Å². The minimum atomic E-state index is -0.315. The van der Waals surface area contributed by atoms with E-state index in [4.69, 9.17) is 9.47 Å². The van der Waals surface area contributed by atoms with Crippen LogP contribution in [0.2, 0.25) is 0 Å². The van der Waals surface area contributed by atoms with Gasteiger partial charge in [-0.15, -0.1) is 0 Å². The molecule has 4 rings (SSSR count). The Bertz CT molecular complexity index is 1010. The van der Waals surface area contributed by atoms with Gasteiger partial charge in [0.15, 0.2) is 5.13 Å². The number of rotatable bonds is 8. The zero-order valence-electron chi connectivity index (χ0n) is 17.1. The number of carbonyl (C=O) groups excluding carboxylic acids is 1. The molecule has 1 aromatic carbocycles. The molecule has 0 bridgehead atoms. The summed E-state index contributed by atoms with van der Waals surface area (Å²) in [6.45, 7) is 4.16. The number of aryl methyl sites for hydroxylation is 1. The molecule has 0 aliphatic carbocycles. The van der Waals surface area contributed by atoms with Gasteiger partial charge in [0.1, 0.15) is 24.3 Å². The molecule has 0 radical (unpaired) electrons. The molecule has 10 heteroatoms. The average molecular weight is 441 g/mol. The van der Waals surface area contributed by atoms with E-state index in [9.17, 15) is 4.79 Å². The number of ether oxygens (including phenoxy) is 2. The second-order valence-corrected chi connectivity index (χ2v) is 7.91. The second kappa shape index (κ2) is 10.3. The number of nitrogens with zero attached hydrogens (tertiary/aromatic N) is 3. The van der Waals surface area contributed by atoms with E-state index < -0.39 is 0 Å². The standard InChI is InChI=1S/C21H24N6O3S/c1-14-25-18(27-21-24-12-17(31-21)15-5-3-2-4-6-15)11-19(26-14)30-10-8-23-20(28)16-13-29-9-7-22-16/h2-6,11-12,16,22H,7-10,13H2,1H3,(H,23,28)(H,24,25,26,27). The first-order chi connectivity index (χ1) is 15.2. The minimum absolute atomic E-state index is 0.0949. The van der Waals surface area contributed by atoms with E-state index in [1.165, 1.54) is 0 Å². The van der Waals surface area contributed by atoms with Crippen molar-refractivity contribution in [2.45, 2.75) is 13.0 Å². The molecule has 31 heavy (non-hydrogen) atoms. The van der Waals surface area contributed by atoms with Crippen LogP contribution in [-0.4, -0.2) is 59.8 Å². The predicted octanol–water partition coefficient (Wildman–Crippen LogP) is 2.14. The smallest absolute Gasteiger partial charge is 0.239 e. The number of hydrogen-bond acceptors (Lipinski definition) is 9. The normalized spacial score (nSPS) is 16.0. The summed E-state index contributed by atoms with van der Waals surface area (Å²) in [5, 5.41) is 9.90. The summed E-state index contributed by atoms with van der Waals surface area (Å²) in [6, 6.07) is 11.5. The molecule has 0 saturated carbocycles. The van der Waals surface area contributed by atoms with Gasteiger partial charge in [0.05, 0.1) is 24.6 Å². The topological polar surface area (TPSA) is 110 Å². The molecule has 1 saturated heterocycles. The third-order valence-electron chi connectivity index (χ3n) is 4.50. The van der Waals surface area contributed by atoms with Crippen LogP contribution >= 0.6 is 11.3 Å². The van der Waals surface area contributed by atoms with Gasteiger partial charge in [0.25, 0.3) is 0 Å². The van der Waals surface area contributed by atoms with Crippen LogP contribution in [0.15, 0.2) is 42.6 Å². The van der Waals surface area contributed by atoms with Crippen molar-refractivity contribution >= 4 is 28.2 Å². The molecule has 1 atom stereocenters. The highest BCUT2D eigenvalue weighted by Gasteiger charge is 2.20. The van der Waals surface area contributed by atoms with E-state index in [-0.39, 0.29) is 11.9 Å². The molecule has 3 heterocycles. The number of amides is 1. The van der Waals surface area contributed by atoms with Crippen molar-refractivity contribution in [1.29, 1.82) is 0 Å². The number of morpholine rings is 1. The summed E-state index contributed by atoms with van der Waals surface area (Å²) in [5.74, 6) is 1.52. The number of hydrogen-bond donors (Lipinski definition) is 3. The van der Waals surface area contributed by atoms with Crippen LogP contribution in [-0.2, 0) is 9.53 Å². The van der Waals surface area contributed by atoms with Crippen LogP contribution in [0.25, 0.3) is 10.4 Å². The van der Waals surface area contributed by atoms with Crippen LogP contribution in [0.1, 0.15) is 5.82 Å². The van der Waals surface area contributed by atoms with Gasteiger partial charge in [-0.3, -0.25) is 4.79 Å². The van der Waals surface area contributed by atoms with E-state index in [0.29, 0.717) is 50.4 Å². The Morgan fingerprint density at radius 1 is 1.32 bits per heavy atom. The monoisotopic (exact) mass is 440 g/mol. The first kappa shape index (κ1) is 21.2. The maximum absolute atomic E-state index is 12.1. The van der Waals surface area contributed by atoms with Crippen LogP contribution in [0, 0.1) is 6.92 Å². The van der Waals surface area contributed by atoms with Crippen LogP contribution < -0.4 is 20.7 Å². The Morgan fingerprint density at radius 3 is 3.00 bits per heavy atom. The number of anilines is 2. The Labute approximate surface area is 184 Å². The van der Waals surface area contributed by atoms with Crippen molar-refractivity contribution < 1.29 is 14.3 Å². The lowest BCUT2D eigenvalue weighted by Crippen LogP contribution is -2.51. The lowest BCUT2D eigenvalue weighted by molar-refractivity contribution is -0.126.